The van der Waals surface area contributed by atoms with Crippen molar-refractivity contribution < 1.29 is 0 Å². The van der Waals surface area contributed by atoms with Crippen LogP contribution in [-0.4, -0.2) is 19.5 Å². The molecule has 15 heavy (non-hydrogen) atoms. The van der Waals surface area contributed by atoms with Gasteiger partial charge in [0.1, 0.15) is 11.6 Å². The van der Waals surface area contributed by atoms with Gasteiger partial charge >= 0.3 is 0 Å². The van der Waals surface area contributed by atoms with E-state index >= 15 is 0 Å². The van der Waals surface area contributed by atoms with Gasteiger partial charge in [-0.15, -0.1) is 0 Å². The second-order valence-corrected chi connectivity index (χ2v) is 3.77. The van der Waals surface area contributed by atoms with Gasteiger partial charge in [-0.2, -0.15) is 0 Å². The lowest BCUT2D eigenvalue weighted by Crippen LogP contribution is -2.02. The Hall–Kier alpha value is -1.71. The maximum atomic E-state index is 4.32. The molecule has 0 saturated heterocycles. The van der Waals surface area contributed by atoms with E-state index in [1.807, 2.05) is 25.5 Å². The molecule has 0 N–H and O–H groups in total. The van der Waals surface area contributed by atoms with E-state index in [9.17, 15) is 0 Å². The molecule has 0 spiro atoms. The molecule has 78 valence electrons. The van der Waals surface area contributed by atoms with Crippen LogP contribution < -0.4 is 0 Å². The van der Waals surface area contributed by atoms with Crippen LogP contribution in [0.3, 0.4) is 0 Å². The van der Waals surface area contributed by atoms with Crippen LogP contribution in [0.1, 0.15) is 25.7 Å². The highest BCUT2D eigenvalue weighted by molar-refractivity contribution is 5.52. The first-order chi connectivity index (χ1) is 7.18. The van der Waals surface area contributed by atoms with Crippen molar-refractivity contribution in [3.63, 3.8) is 0 Å². The zero-order valence-electron chi connectivity index (χ0n) is 9.18. The van der Waals surface area contributed by atoms with Crippen LogP contribution in [0.25, 0.3) is 11.4 Å². The van der Waals surface area contributed by atoms with Gasteiger partial charge in [0.25, 0.3) is 0 Å². The largest absolute Gasteiger partial charge is 0.328 e. The molecule has 2 heterocycles. The van der Waals surface area contributed by atoms with Crippen molar-refractivity contribution in [3.05, 3.63) is 30.6 Å². The van der Waals surface area contributed by atoms with E-state index in [-0.39, 0.29) is 0 Å². The first-order valence-corrected chi connectivity index (χ1v) is 5.00. The summed E-state index contributed by atoms with van der Waals surface area (Å²) in [5.74, 6) is 1.70. The van der Waals surface area contributed by atoms with Crippen molar-refractivity contribution in [1.29, 1.82) is 0 Å². The third-order valence-electron chi connectivity index (χ3n) is 2.26. The summed E-state index contributed by atoms with van der Waals surface area (Å²) in [5, 5.41) is 0. The fourth-order valence-corrected chi connectivity index (χ4v) is 1.46. The maximum absolute atomic E-state index is 4.32. The summed E-state index contributed by atoms with van der Waals surface area (Å²) in [5.41, 5.74) is 0.958. The summed E-state index contributed by atoms with van der Waals surface area (Å²) >= 11 is 0. The summed E-state index contributed by atoms with van der Waals surface area (Å²) < 4.78 is 2.11. The zero-order chi connectivity index (χ0) is 10.8. The molecule has 0 amide bonds. The minimum absolute atomic E-state index is 0.392. The Morgan fingerprint density at radius 2 is 1.80 bits per heavy atom. The molecule has 0 aliphatic carbocycles. The van der Waals surface area contributed by atoms with Crippen molar-refractivity contribution in [2.24, 2.45) is 0 Å². The number of imidazole rings is 1. The third-order valence-corrected chi connectivity index (χ3v) is 2.26. The number of hydrogen-bond donors (Lipinski definition) is 0. The van der Waals surface area contributed by atoms with Crippen molar-refractivity contribution in [1.82, 2.24) is 19.5 Å². The minimum Gasteiger partial charge on any atom is -0.328 e. The molecule has 0 aromatic carbocycles. The topological polar surface area (TPSA) is 43.6 Å². The van der Waals surface area contributed by atoms with Crippen LogP contribution >= 0.6 is 0 Å². The number of rotatable bonds is 2. The van der Waals surface area contributed by atoms with E-state index in [0.29, 0.717) is 6.04 Å². The van der Waals surface area contributed by atoms with Gasteiger partial charge in [-0.25, -0.2) is 15.0 Å². The van der Waals surface area contributed by atoms with Crippen LogP contribution in [0.4, 0.5) is 0 Å². The summed E-state index contributed by atoms with van der Waals surface area (Å²) in [7, 11) is 0. The molecule has 0 aliphatic rings. The predicted octanol–water partition coefficient (Wildman–Crippen LogP) is 2.23. The molecule has 0 saturated carbocycles. The van der Waals surface area contributed by atoms with Gasteiger partial charge in [-0.3, -0.25) is 0 Å². The molecule has 2 aromatic rings. The molecule has 4 nitrogen and oxygen atoms in total. The van der Waals surface area contributed by atoms with Gasteiger partial charge in [0, 0.05) is 30.8 Å². The Bertz CT molecular complexity index is 442. The molecule has 0 unspecified atom stereocenters. The lowest BCUT2D eigenvalue weighted by atomic mass is 10.3. The van der Waals surface area contributed by atoms with E-state index in [4.69, 9.17) is 0 Å². The summed E-state index contributed by atoms with van der Waals surface area (Å²) in [4.78, 5) is 12.7. The minimum atomic E-state index is 0.392. The molecule has 0 fully saturated rings. The number of nitrogens with zero attached hydrogens (tertiary/aromatic N) is 4. The molecule has 0 aliphatic heterocycles. The van der Waals surface area contributed by atoms with E-state index < -0.39 is 0 Å². The molecular weight excluding hydrogens is 188 g/mol. The number of hydrogen-bond acceptors (Lipinski definition) is 3. The van der Waals surface area contributed by atoms with Crippen molar-refractivity contribution >= 4 is 0 Å². The molecule has 2 rings (SSSR count). The first-order valence-electron chi connectivity index (χ1n) is 5.00. The van der Waals surface area contributed by atoms with Gasteiger partial charge in [-0.05, 0) is 20.8 Å². The standard InChI is InChI=1S/C11H14N4/c1-8(2)15-5-4-12-11(15)10-6-13-9(3)14-7-10/h4-8H,1-3H3. The number of aryl methyl sites for hydroxylation is 1. The van der Waals surface area contributed by atoms with Gasteiger partial charge in [-0.1, -0.05) is 0 Å². The monoisotopic (exact) mass is 202 g/mol. The third kappa shape index (κ3) is 1.88. The fraction of sp³-hybridized carbons (Fsp3) is 0.364. The Balaban J connectivity index is 2.45. The van der Waals surface area contributed by atoms with Crippen LogP contribution in [-0.2, 0) is 0 Å². The highest BCUT2D eigenvalue weighted by Gasteiger charge is 2.08. The number of aromatic nitrogens is 4. The summed E-state index contributed by atoms with van der Waals surface area (Å²) in [6.07, 6.45) is 7.39. The van der Waals surface area contributed by atoms with Crippen molar-refractivity contribution in [2.75, 3.05) is 0 Å². The van der Waals surface area contributed by atoms with Gasteiger partial charge in [0.15, 0.2) is 0 Å². The maximum Gasteiger partial charge on any atom is 0.143 e. The van der Waals surface area contributed by atoms with E-state index in [1.54, 1.807) is 6.20 Å². The van der Waals surface area contributed by atoms with Gasteiger partial charge < -0.3 is 4.57 Å². The zero-order valence-corrected chi connectivity index (χ0v) is 9.18. The molecular formula is C11H14N4. The molecule has 0 bridgehead atoms. The predicted molar refractivity (Wildman–Crippen MR) is 58.4 cm³/mol. The van der Waals surface area contributed by atoms with E-state index in [1.165, 1.54) is 0 Å². The van der Waals surface area contributed by atoms with Crippen LogP contribution in [0.2, 0.25) is 0 Å². The molecule has 4 heteroatoms. The summed E-state index contributed by atoms with van der Waals surface area (Å²) in [6.45, 7) is 6.12. The smallest absolute Gasteiger partial charge is 0.143 e. The van der Waals surface area contributed by atoms with Crippen LogP contribution in [0, 0.1) is 6.92 Å². The molecule has 2 aromatic heterocycles. The lowest BCUT2D eigenvalue weighted by Gasteiger charge is -2.10. The fourth-order valence-electron chi connectivity index (χ4n) is 1.46. The van der Waals surface area contributed by atoms with E-state index in [2.05, 4.69) is 33.4 Å². The van der Waals surface area contributed by atoms with Gasteiger partial charge in [0.05, 0.1) is 5.56 Å². The van der Waals surface area contributed by atoms with Crippen molar-refractivity contribution in [3.8, 4) is 11.4 Å². The van der Waals surface area contributed by atoms with Crippen molar-refractivity contribution in [2.45, 2.75) is 26.8 Å². The van der Waals surface area contributed by atoms with E-state index in [0.717, 1.165) is 17.2 Å². The second-order valence-electron chi connectivity index (χ2n) is 3.77. The van der Waals surface area contributed by atoms with Gasteiger partial charge in [0.2, 0.25) is 0 Å². The molecule has 0 radical (unpaired) electrons. The summed E-state index contributed by atoms with van der Waals surface area (Å²) in [6, 6.07) is 0.392. The van der Waals surface area contributed by atoms with Crippen LogP contribution in [0.15, 0.2) is 24.8 Å². The highest BCUT2D eigenvalue weighted by Crippen LogP contribution is 2.19. The Labute approximate surface area is 89.0 Å². The Morgan fingerprint density at radius 3 is 2.40 bits per heavy atom. The lowest BCUT2D eigenvalue weighted by molar-refractivity contribution is 0.606. The Kier molecular flexibility index (Phi) is 2.49. The average molecular weight is 202 g/mol. The van der Waals surface area contributed by atoms with Crippen LogP contribution in [0.5, 0.6) is 0 Å². The normalized spacial score (nSPS) is 10.9. The highest BCUT2D eigenvalue weighted by atomic mass is 15.1. The average Bonchev–Trinajstić information content (AvgIpc) is 2.67. The quantitative estimate of drug-likeness (QED) is 0.750. The molecule has 0 atom stereocenters. The first kappa shape index (κ1) is 9.83. The Morgan fingerprint density at radius 1 is 1.13 bits per heavy atom. The second kappa shape index (κ2) is 3.81. The SMILES string of the molecule is Cc1ncc(-c2nccn2C(C)C)cn1.